The highest BCUT2D eigenvalue weighted by atomic mass is 16.2. The molecule has 22 heavy (non-hydrogen) atoms. The van der Waals surface area contributed by atoms with Crippen molar-refractivity contribution in [2.75, 3.05) is 0 Å². The van der Waals surface area contributed by atoms with Crippen molar-refractivity contribution >= 4 is 10.9 Å². The molecule has 2 aromatic heterocycles. The van der Waals surface area contributed by atoms with E-state index in [4.69, 9.17) is 0 Å². The first-order valence-electron chi connectivity index (χ1n) is 7.26. The lowest BCUT2D eigenvalue weighted by atomic mass is 10.1. The summed E-state index contributed by atoms with van der Waals surface area (Å²) in [6.07, 6.45) is 3.65. The fourth-order valence-electron chi connectivity index (χ4n) is 2.67. The Labute approximate surface area is 127 Å². The van der Waals surface area contributed by atoms with Crippen molar-refractivity contribution in [3.63, 3.8) is 0 Å². The second-order valence-corrected chi connectivity index (χ2v) is 5.62. The number of nitrogens with one attached hydrogen (secondary N) is 1. The zero-order chi connectivity index (χ0) is 15.7. The number of para-hydroxylation sites is 1. The topological polar surface area (TPSA) is 72.7 Å². The first-order valence-corrected chi connectivity index (χ1v) is 7.26. The van der Waals surface area contributed by atoms with Crippen molar-refractivity contribution in [2.24, 2.45) is 5.92 Å². The van der Waals surface area contributed by atoms with Crippen LogP contribution in [0, 0.1) is 12.8 Å². The molecule has 6 heteroatoms. The zero-order valence-electron chi connectivity index (χ0n) is 12.6. The van der Waals surface area contributed by atoms with E-state index in [1.54, 1.807) is 30.5 Å². The maximum atomic E-state index is 12.5. The second kappa shape index (κ2) is 5.63. The molecule has 3 rings (SSSR count). The summed E-state index contributed by atoms with van der Waals surface area (Å²) in [7, 11) is 0. The third-order valence-electron chi connectivity index (χ3n) is 3.82. The van der Waals surface area contributed by atoms with Crippen molar-refractivity contribution in [1.82, 2.24) is 19.1 Å². The third-order valence-corrected chi connectivity index (χ3v) is 3.82. The monoisotopic (exact) mass is 298 g/mol. The smallest absolute Gasteiger partial charge is 0.328 e. The second-order valence-electron chi connectivity index (χ2n) is 5.62. The number of rotatable bonds is 4. The Bertz CT molecular complexity index is 920. The van der Waals surface area contributed by atoms with Crippen molar-refractivity contribution in [1.29, 1.82) is 0 Å². The maximum absolute atomic E-state index is 12.5. The summed E-state index contributed by atoms with van der Waals surface area (Å²) in [5, 5.41) is 0.535. The van der Waals surface area contributed by atoms with Gasteiger partial charge in [0, 0.05) is 25.5 Å². The van der Waals surface area contributed by atoms with Crippen LogP contribution in [-0.2, 0) is 13.1 Å². The Hall–Kier alpha value is -2.63. The molecule has 6 nitrogen and oxygen atoms in total. The molecule has 0 spiro atoms. The summed E-state index contributed by atoms with van der Waals surface area (Å²) in [6, 6.07) is 7.06. The fourth-order valence-corrected chi connectivity index (χ4v) is 2.67. The molecule has 1 aromatic carbocycles. The Morgan fingerprint density at radius 3 is 2.73 bits per heavy atom. The van der Waals surface area contributed by atoms with Gasteiger partial charge >= 0.3 is 5.69 Å². The van der Waals surface area contributed by atoms with Crippen LogP contribution >= 0.6 is 0 Å². The zero-order valence-corrected chi connectivity index (χ0v) is 12.6. The van der Waals surface area contributed by atoms with Crippen LogP contribution in [0.25, 0.3) is 10.9 Å². The van der Waals surface area contributed by atoms with Gasteiger partial charge in [-0.15, -0.1) is 0 Å². The number of hydrogen-bond donors (Lipinski definition) is 1. The lowest BCUT2D eigenvalue weighted by molar-refractivity contribution is 0.400. The lowest BCUT2D eigenvalue weighted by Crippen LogP contribution is -2.37. The number of aromatic amines is 1. The van der Waals surface area contributed by atoms with Crippen LogP contribution in [0.3, 0.4) is 0 Å². The number of nitrogens with zero attached hydrogens (tertiary/aromatic N) is 3. The molecule has 0 aliphatic rings. The van der Waals surface area contributed by atoms with Crippen molar-refractivity contribution in [3.05, 3.63) is 63.3 Å². The standard InChI is InChI=1S/C16H18N4O2/c1-11(9-19-8-7-17-12(19)2)10-20-15(21)13-5-3-4-6-14(13)18-16(20)22/h3-8,11H,9-10H2,1-2H3,(H,18,22). The van der Waals surface area contributed by atoms with Gasteiger partial charge in [-0.25, -0.2) is 9.78 Å². The van der Waals surface area contributed by atoms with Gasteiger partial charge in [-0.2, -0.15) is 0 Å². The van der Waals surface area contributed by atoms with Crippen LogP contribution in [-0.4, -0.2) is 19.1 Å². The van der Waals surface area contributed by atoms with E-state index in [0.29, 0.717) is 24.0 Å². The van der Waals surface area contributed by atoms with E-state index >= 15 is 0 Å². The van der Waals surface area contributed by atoms with E-state index in [1.807, 2.05) is 24.6 Å². The molecule has 0 radical (unpaired) electrons. The molecular weight excluding hydrogens is 280 g/mol. The molecule has 0 aliphatic heterocycles. The van der Waals surface area contributed by atoms with Gasteiger partial charge < -0.3 is 9.55 Å². The minimum atomic E-state index is -0.363. The van der Waals surface area contributed by atoms with Gasteiger partial charge in [0.1, 0.15) is 5.82 Å². The molecule has 0 saturated heterocycles. The fraction of sp³-hybridized carbons (Fsp3) is 0.312. The number of imidazole rings is 1. The van der Waals surface area contributed by atoms with Crippen molar-refractivity contribution in [3.8, 4) is 0 Å². The van der Waals surface area contributed by atoms with E-state index in [1.165, 1.54) is 4.57 Å². The van der Waals surface area contributed by atoms with Crippen LogP contribution in [0.4, 0.5) is 0 Å². The quantitative estimate of drug-likeness (QED) is 0.794. The number of aromatic nitrogens is 4. The molecule has 0 bridgehead atoms. The number of benzene rings is 1. The first kappa shape index (κ1) is 14.3. The third kappa shape index (κ3) is 2.59. The highest BCUT2D eigenvalue weighted by Gasteiger charge is 2.12. The molecule has 114 valence electrons. The Balaban J connectivity index is 1.92. The molecule has 0 fully saturated rings. The van der Waals surface area contributed by atoms with Crippen LogP contribution in [0.15, 0.2) is 46.2 Å². The van der Waals surface area contributed by atoms with Gasteiger partial charge in [0.2, 0.25) is 0 Å². The van der Waals surface area contributed by atoms with Crippen molar-refractivity contribution in [2.45, 2.75) is 26.9 Å². The summed E-state index contributed by atoms with van der Waals surface area (Å²) in [6.45, 7) is 5.03. The van der Waals surface area contributed by atoms with E-state index < -0.39 is 0 Å². The molecule has 1 unspecified atom stereocenters. The molecule has 3 aromatic rings. The van der Waals surface area contributed by atoms with Gasteiger partial charge in [-0.3, -0.25) is 9.36 Å². The maximum Gasteiger partial charge on any atom is 0.328 e. The average molecular weight is 298 g/mol. The predicted molar refractivity (Wildman–Crippen MR) is 85.0 cm³/mol. The number of H-pyrrole nitrogens is 1. The van der Waals surface area contributed by atoms with Gasteiger partial charge in [0.15, 0.2) is 0 Å². The molecule has 1 atom stereocenters. The molecule has 0 aliphatic carbocycles. The van der Waals surface area contributed by atoms with Crippen LogP contribution < -0.4 is 11.2 Å². The Morgan fingerprint density at radius 2 is 2.00 bits per heavy atom. The summed E-state index contributed by atoms with van der Waals surface area (Å²) in [4.78, 5) is 31.6. The molecular formula is C16H18N4O2. The summed E-state index contributed by atoms with van der Waals surface area (Å²) < 4.78 is 3.30. The summed E-state index contributed by atoms with van der Waals surface area (Å²) in [5.41, 5.74) is -0.0293. The van der Waals surface area contributed by atoms with E-state index in [9.17, 15) is 9.59 Å². The van der Waals surface area contributed by atoms with Gasteiger partial charge in [0.05, 0.1) is 10.9 Å². The number of hydrogen-bond acceptors (Lipinski definition) is 3. The largest absolute Gasteiger partial charge is 0.335 e. The highest BCUT2D eigenvalue weighted by molar-refractivity contribution is 5.76. The molecule has 1 N–H and O–H groups in total. The van der Waals surface area contributed by atoms with E-state index in [2.05, 4.69) is 9.97 Å². The predicted octanol–water partition coefficient (Wildman–Crippen LogP) is 1.53. The lowest BCUT2D eigenvalue weighted by Gasteiger charge is -2.14. The summed E-state index contributed by atoms with van der Waals surface area (Å²) >= 11 is 0. The minimum absolute atomic E-state index is 0.132. The first-order chi connectivity index (χ1) is 10.6. The molecule has 2 heterocycles. The van der Waals surface area contributed by atoms with Crippen LogP contribution in [0.2, 0.25) is 0 Å². The molecule has 0 amide bonds. The molecule has 0 saturated carbocycles. The Morgan fingerprint density at radius 1 is 1.23 bits per heavy atom. The van der Waals surface area contributed by atoms with Gasteiger partial charge in [-0.05, 0) is 25.0 Å². The normalized spacial score (nSPS) is 12.6. The van der Waals surface area contributed by atoms with Crippen molar-refractivity contribution < 1.29 is 0 Å². The summed E-state index contributed by atoms with van der Waals surface area (Å²) in [5.74, 6) is 1.06. The van der Waals surface area contributed by atoms with Crippen LogP contribution in [0.5, 0.6) is 0 Å². The highest BCUT2D eigenvalue weighted by Crippen LogP contribution is 2.07. The van der Waals surface area contributed by atoms with E-state index in [0.717, 1.165) is 5.82 Å². The number of fused-ring (bicyclic) bond motifs is 1. The van der Waals surface area contributed by atoms with E-state index in [-0.39, 0.29) is 17.2 Å². The SMILES string of the molecule is Cc1nccn1CC(C)Cn1c(=O)[nH]c2ccccc2c1=O. The average Bonchev–Trinajstić information content (AvgIpc) is 2.89. The number of aryl methyl sites for hydroxylation is 1. The Kier molecular flexibility index (Phi) is 3.66. The minimum Gasteiger partial charge on any atom is -0.335 e. The van der Waals surface area contributed by atoms with Gasteiger partial charge in [0.25, 0.3) is 5.56 Å². The van der Waals surface area contributed by atoms with Gasteiger partial charge in [-0.1, -0.05) is 19.1 Å². The van der Waals surface area contributed by atoms with Crippen LogP contribution in [0.1, 0.15) is 12.7 Å².